The maximum absolute atomic E-state index is 11.5. The first kappa shape index (κ1) is 13.8. The summed E-state index contributed by atoms with van der Waals surface area (Å²) in [5.74, 6) is 0.269. The minimum absolute atomic E-state index is 0.269. The number of benzene rings is 1. The summed E-state index contributed by atoms with van der Waals surface area (Å²) in [5, 5.41) is 11.3. The van der Waals surface area contributed by atoms with E-state index >= 15 is 0 Å². The average Bonchev–Trinajstić information content (AvgIpc) is 2.49. The smallest absolute Gasteiger partial charge is 0.133 e. The Hall–Kier alpha value is -1.19. The quantitative estimate of drug-likeness (QED) is 0.867. The number of aryl methyl sites for hydroxylation is 1. The van der Waals surface area contributed by atoms with Gasteiger partial charge in [0.15, 0.2) is 0 Å². The highest BCUT2D eigenvalue weighted by molar-refractivity contribution is 5.79. The van der Waals surface area contributed by atoms with Crippen molar-refractivity contribution in [1.82, 2.24) is 0 Å². The van der Waals surface area contributed by atoms with Gasteiger partial charge in [-0.3, -0.25) is 4.79 Å². The number of aliphatic hydroxyl groups is 1. The first-order valence-electron chi connectivity index (χ1n) is 7.64. The van der Waals surface area contributed by atoms with Crippen molar-refractivity contribution in [2.24, 2.45) is 5.73 Å². The number of carbonyl (C=O) groups excluding carboxylic acids is 1. The third-order valence-electron chi connectivity index (χ3n) is 5.46. The minimum atomic E-state index is -0.827. The molecule has 0 spiro atoms. The van der Waals surface area contributed by atoms with E-state index in [4.69, 9.17) is 5.73 Å². The Bertz CT molecular complexity index is 515. The Morgan fingerprint density at radius 2 is 1.80 bits per heavy atom. The lowest BCUT2D eigenvalue weighted by Crippen LogP contribution is -2.59. The van der Waals surface area contributed by atoms with Gasteiger partial charge in [-0.05, 0) is 43.2 Å². The molecule has 0 bridgehead atoms. The fourth-order valence-electron chi connectivity index (χ4n) is 4.23. The first-order valence-corrected chi connectivity index (χ1v) is 7.64. The van der Waals surface area contributed by atoms with Crippen molar-refractivity contribution >= 4 is 5.78 Å². The van der Waals surface area contributed by atoms with Gasteiger partial charge in [0.2, 0.25) is 0 Å². The number of hydrogen-bond donors (Lipinski definition) is 2. The molecule has 108 valence electrons. The van der Waals surface area contributed by atoms with Crippen molar-refractivity contribution < 1.29 is 9.90 Å². The van der Waals surface area contributed by atoms with Crippen molar-refractivity contribution in [2.45, 2.75) is 56.0 Å². The lowest BCUT2D eigenvalue weighted by atomic mass is 9.56. The van der Waals surface area contributed by atoms with Crippen LogP contribution in [0.25, 0.3) is 0 Å². The lowest BCUT2D eigenvalue weighted by molar-refractivity contribution is -0.131. The molecule has 3 nitrogen and oxygen atoms in total. The van der Waals surface area contributed by atoms with Crippen molar-refractivity contribution in [3.8, 4) is 0 Å². The summed E-state index contributed by atoms with van der Waals surface area (Å²) in [6, 6.07) is 8.36. The van der Waals surface area contributed by atoms with E-state index in [0.29, 0.717) is 32.2 Å². The molecular weight excluding hydrogens is 250 g/mol. The highest BCUT2D eigenvalue weighted by Gasteiger charge is 2.53. The molecule has 1 fully saturated rings. The molecule has 3 rings (SSSR count). The van der Waals surface area contributed by atoms with E-state index in [1.807, 2.05) is 6.07 Å². The van der Waals surface area contributed by atoms with Gasteiger partial charge in [-0.25, -0.2) is 0 Å². The zero-order chi connectivity index (χ0) is 14.2. The first-order chi connectivity index (χ1) is 9.61. The van der Waals surface area contributed by atoms with Crippen LogP contribution in [0.5, 0.6) is 0 Å². The number of nitrogens with two attached hydrogens (primary N) is 1. The van der Waals surface area contributed by atoms with Gasteiger partial charge in [-0.15, -0.1) is 0 Å². The fraction of sp³-hybridized carbons (Fsp3) is 0.588. The van der Waals surface area contributed by atoms with Crippen LogP contribution in [0.3, 0.4) is 0 Å². The molecule has 0 aromatic heterocycles. The second-order valence-corrected chi connectivity index (χ2v) is 6.37. The van der Waals surface area contributed by atoms with Gasteiger partial charge in [0.05, 0.1) is 5.60 Å². The maximum atomic E-state index is 11.5. The monoisotopic (exact) mass is 273 g/mol. The average molecular weight is 273 g/mol. The SMILES string of the molecule is NCC1(C2(O)CCC(=O)CC2)CCCc2ccccc21. The molecule has 20 heavy (non-hydrogen) atoms. The number of Topliss-reactive ketones (excluding diaryl/α,β-unsaturated/α-hetero) is 1. The van der Waals surface area contributed by atoms with E-state index in [9.17, 15) is 9.90 Å². The van der Waals surface area contributed by atoms with E-state index in [1.54, 1.807) is 0 Å². The van der Waals surface area contributed by atoms with E-state index in [2.05, 4.69) is 18.2 Å². The van der Waals surface area contributed by atoms with Crippen molar-refractivity contribution in [3.05, 3.63) is 35.4 Å². The summed E-state index contributed by atoms with van der Waals surface area (Å²) in [6.07, 6.45) is 5.12. The van der Waals surface area contributed by atoms with Gasteiger partial charge in [0, 0.05) is 24.8 Å². The Morgan fingerprint density at radius 1 is 1.10 bits per heavy atom. The van der Waals surface area contributed by atoms with Crippen LogP contribution in [-0.4, -0.2) is 23.0 Å². The Morgan fingerprint density at radius 3 is 2.50 bits per heavy atom. The van der Waals surface area contributed by atoms with Gasteiger partial charge in [0.1, 0.15) is 5.78 Å². The number of rotatable bonds is 2. The van der Waals surface area contributed by atoms with Crippen LogP contribution in [-0.2, 0) is 16.6 Å². The van der Waals surface area contributed by atoms with Crippen LogP contribution < -0.4 is 5.73 Å². The zero-order valence-electron chi connectivity index (χ0n) is 11.9. The molecule has 0 heterocycles. The molecule has 0 saturated heterocycles. The highest BCUT2D eigenvalue weighted by Crippen LogP contribution is 2.49. The van der Waals surface area contributed by atoms with E-state index < -0.39 is 5.60 Å². The van der Waals surface area contributed by atoms with Crippen LogP contribution in [0.2, 0.25) is 0 Å². The molecule has 3 N–H and O–H groups in total. The zero-order valence-corrected chi connectivity index (χ0v) is 11.9. The van der Waals surface area contributed by atoms with Crippen LogP contribution in [0.1, 0.15) is 49.7 Å². The molecule has 0 aliphatic heterocycles. The molecule has 2 aliphatic carbocycles. The molecular formula is C17H23NO2. The summed E-state index contributed by atoms with van der Waals surface area (Å²) in [4.78, 5) is 11.5. The number of ketones is 1. The summed E-state index contributed by atoms with van der Waals surface area (Å²) in [7, 11) is 0. The Kier molecular flexibility index (Phi) is 3.43. The number of fused-ring (bicyclic) bond motifs is 1. The van der Waals surface area contributed by atoms with Crippen LogP contribution >= 0.6 is 0 Å². The number of carbonyl (C=O) groups is 1. The van der Waals surface area contributed by atoms with Gasteiger partial charge in [-0.2, -0.15) is 0 Å². The van der Waals surface area contributed by atoms with E-state index in [1.165, 1.54) is 11.1 Å². The van der Waals surface area contributed by atoms with Crippen LogP contribution in [0, 0.1) is 0 Å². The molecule has 1 atom stereocenters. The molecule has 1 aromatic carbocycles. The predicted molar refractivity (Wildman–Crippen MR) is 78.5 cm³/mol. The Labute approximate surface area is 120 Å². The van der Waals surface area contributed by atoms with E-state index in [-0.39, 0.29) is 11.2 Å². The third kappa shape index (κ3) is 1.92. The topological polar surface area (TPSA) is 63.3 Å². The van der Waals surface area contributed by atoms with Crippen LogP contribution in [0.15, 0.2) is 24.3 Å². The number of hydrogen-bond acceptors (Lipinski definition) is 3. The summed E-state index contributed by atoms with van der Waals surface area (Å²) >= 11 is 0. The predicted octanol–water partition coefficient (Wildman–Crippen LogP) is 2.09. The van der Waals surface area contributed by atoms with Gasteiger partial charge in [0.25, 0.3) is 0 Å². The highest BCUT2D eigenvalue weighted by atomic mass is 16.3. The largest absolute Gasteiger partial charge is 0.389 e. The van der Waals surface area contributed by atoms with Crippen molar-refractivity contribution in [2.75, 3.05) is 6.54 Å². The van der Waals surface area contributed by atoms with E-state index in [0.717, 1.165) is 19.3 Å². The second kappa shape index (κ2) is 4.97. The standard InChI is InChI=1S/C17H23NO2/c18-12-16(17(20)10-7-14(19)8-11-17)9-3-5-13-4-1-2-6-15(13)16/h1-2,4,6,20H,3,5,7-12,18H2. The maximum Gasteiger partial charge on any atom is 0.133 e. The molecule has 2 aliphatic rings. The third-order valence-corrected chi connectivity index (χ3v) is 5.46. The molecule has 0 amide bonds. The van der Waals surface area contributed by atoms with Crippen molar-refractivity contribution in [3.63, 3.8) is 0 Å². The minimum Gasteiger partial charge on any atom is -0.389 e. The van der Waals surface area contributed by atoms with Gasteiger partial charge >= 0.3 is 0 Å². The molecule has 1 saturated carbocycles. The van der Waals surface area contributed by atoms with Crippen LogP contribution in [0.4, 0.5) is 0 Å². The second-order valence-electron chi connectivity index (χ2n) is 6.37. The molecule has 1 unspecified atom stereocenters. The van der Waals surface area contributed by atoms with Gasteiger partial charge in [-0.1, -0.05) is 24.3 Å². The Balaban J connectivity index is 2.06. The fourth-order valence-corrected chi connectivity index (χ4v) is 4.23. The normalized spacial score (nSPS) is 29.0. The van der Waals surface area contributed by atoms with Gasteiger partial charge < -0.3 is 10.8 Å². The molecule has 0 radical (unpaired) electrons. The molecule has 3 heteroatoms. The summed E-state index contributed by atoms with van der Waals surface area (Å²) in [5.41, 5.74) is 7.49. The van der Waals surface area contributed by atoms with Crippen molar-refractivity contribution in [1.29, 1.82) is 0 Å². The summed E-state index contributed by atoms with van der Waals surface area (Å²) < 4.78 is 0. The molecule has 1 aromatic rings. The lowest BCUT2D eigenvalue weighted by Gasteiger charge is -2.51. The summed E-state index contributed by atoms with van der Waals surface area (Å²) in [6.45, 7) is 0.453.